The Kier molecular flexibility index (Phi) is 5.00. The lowest BCUT2D eigenvalue weighted by atomic mass is 9.81. The highest BCUT2D eigenvalue weighted by Gasteiger charge is 2.32. The second-order valence-corrected chi connectivity index (χ2v) is 7.59. The summed E-state index contributed by atoms with van der Waals surface area (Å²) < 4.78 is 24.3. The van der Waals surface area contributed by atoms with Crippen LogP contribution in [-0.4, -0.2) is 5.97 Å². The summed E-state index contributed by atoms with van der Waals surface area (Å²) in [6.45, 7) is 0. The molecule has 4 aromatic carbocycles. The van der Waals surface area contributed by atoms with Gasteiger partial charge in [-0.3, -0.25) is 0 Å². The molecule has 5 rings (SSSR count). The summed E-state index contributed by atoms with van der Waals surface area (Å²) >= 11 is 0. The van der Waals surface area contributed by atoms with E-state index in [4.69, 9.17) is 15.2 Å². The number of nitriles is 1. The van der Waals surface area contributed by atoms with Gasteiger partial charge in [-0.2, -0.15) is 5.26 Å². The fraction of sp³-hybridized carbons (Fsp3) is 0.0370. The number of ether oxygens (including phenoxy) is 2. The highest BCUT2D eigenvalue weighted by Crippen LogP contribution is 2.45. The minimum atomic E-state index is -0.627. The smallest absolute Gasteiger partial charge is 0.343 e. The minimum absolute atomic E-state index is 0.00458. The van der Waals surface area contributed by atoms with E-state index in [1.807, 2.05) is 42.5 Å². The van der Waals surface area contributed by atoms with Crippen molar-refractivity contribution in [2.75, 3.05) is 0 Å². The summed E-state index contributed by atoms with van der Waals surface area (Å²) in [5, 5.41) is 11.9. The number of esters is 1. The highest BCUT2D eigenvalue weighted by atomic mass is 19.1. The lowest BCUT2D eigenvalue weighted by Gasteiger charge is -2.27. The van der Waals surface area contributed by atoms with E-state index in [2.05, 4.69) is 6.07 Å². The van der Waals surface area contributed by atoms with Gasteiger partial charge in [0.25, 0.3) is 0 Å². The van der Waals surface area contributed by atoms with E-state index < -0.39 is 17.7 Å². The molecule has 1 unspecified atom stereocenters. The standard InChI is InChI=1S/C27H17FN2O3/c28-18-10-8-17(9-11-18)27(31)32-19-12-13-22-24(14-19)33-26(30)23(15-29)25(22)21-7-3-5-16-4-1-2-6-20(16)21/h1-14,25H,30H2. The van der Waals surface area contributed by atoms with Crippen molar-refractivity contribution in [3.8, 4) is 17.6 Å². The van der Waals surface area contributed by atoms with E-state index >= 15 is 0 Å². The Morgan fingerprint density at radius 1 is 0.970 bits per heavy atom. The maximum atomic E-state index is 13.1. The lowest BCUT2D eigenvalue weighted by molar-refractivity contribution is 0.0734. The van der Waals surface area contributed by atoms with Crippen LogP contribution in [0.15, 0.2) is 96.4 Å². The first kappa shape index (κ1) is 20.3. The van der Waals surface area contributed by atoms with Gasteiger partial charge in [-0.05, 0) is 46.7 Å². The molecule has 0 spiro atoms. The van der Waals surface area contributed by atoms with Gasteiger partial charge in [0.2, 0.25) is 5.88 Å². The van der Waals surface area contributed by atoms with E-state index in [0.29, 0.717) is 11.3 Å². The molecule has 33 heavy (non-hydrogen) atoms. The molecule has 1 heterocycles. The fourth-order valence-electron chi connectivity index (χ4n) is 4.07. The van der Waals surface area contributed by atoms with E-state index in [-0.39, 0.29) is 17.2 Å². The molecule has 6 heteroatoms. The molecule has 2 N–H and O–H groups in total. The van der Waals surface area contributed by atoms with Crippen LogP contribution in [0.4, 0.5) is 4.39 Å². The second kappa shape index (κ2) is 8.13. The van der Waals surface area contributed by atoms with Crippen LogP contribution in [0.1, 0.15) is 27.4 Å². The lowest BCUT2D eigenvalue weighted by Crippen LogP contribution is -2.21. The molecule has 4 aromatic rings. The maximum Gasteiger partial charge on any atom is 0.343 e. The van der Waals surface area contributed by atoms with E-state index in [1.165, 1.54) is 24.3 Å². The van der Waals surface area contributed by atoms with E-state index in [9.17, 15) is 14.4 Å². The topological polar surface area (TPSA) is 85.3 Å². The molecule has 0 bridgehead atoms. The molecule has 5 nitrogen and oxygen atoms in total. The summed E-state index contributed by atoms with van der Waals surface area (Å²) in [6.07, 6.45) is 0. The molecule has 1 aliphatic rings. The molecule has 0 fully saturated rings. The van der Waals surface area contributed by atoms with Crippen LogP contribution < -0.4 is 15.2 Å². The number of carbonyl (C=O) groups excluding carboxylic acids is 1. The van der Waals surface area contributed by atoms with Crippen LogP contribution in [0, 0.1) is 17.1 Å². The van der Waals surface area contributed by atoms with Gasteiger partial charge >= 0.3 is 5.97 Å². The van der Waals surface area contributed by atoms with Crippen LogP contribution in [-0.2, 0) is 0 Å². The van der Waals surface area contributed by atoms with Crippen LogP contribution >= 0.6 is 0 Å². The van der Waals surface area contributed by atoms with Crippen molar-refractivity contribution in [3.05, 3.63) is 119 Å². The van der Waals surface area contributed by atoms with E-state index in [0.717, 1.165) is 21.9 Å². The van der Waals surface area contributed by atoms with Crippen molar-refractivity contribution >= 4 is 16.7 Å². The number of nitrogens with two attached hydrogens (primary N) is 1. The number of halogens is 1. The van der Waals surface area contributed by atoms with Gasteiger partial charge in [0.05, 0.1) is 11.5 Å². The molecule has 1 aliphatic heterocycles. The van der Waals surface area contributed by atoms with Gasteiger partial charge in [-0.1, -0.05) is 48.5 Å². The molecule has 0 aliphatic carbocycles. The Hall–Kier alpha value is -4.63. The molecule has 0 aromatic heterocycles. The largest absolute Gasteiger partial charge is 0.440 e. The van der Waals surface area contributed by atoms with Crippen LogP contribution in [0.2, 0.25) is 0 Å². The van der Waals surface area contributed by atoms with Crippen molar-refractivity contribution in [3.63, 3.8) is 0 Å². The average molecular weight is 436 g/mol. The molecule has 0 radical (unpaired) electrons. The van der Waals surface area contributed by atoms with Crippen LogP contribution in [0.3, 0.4) is 0 Å². The molecular formula is C27H17FN2O3. The van der Waals surface area contributed by atoms with Crippen molar-refractivity contribution in [1.29, 1.82) is 5.26 Å². The van der Waals surface area contributed by atoms with E-state index in [1.54, 1.807) is 18.2 Å². The Balaban J connectivity index is 1.56. The number of nitrogens with zero attached hydrogens (tertiary/aromatic N) is 1. The second-order valence-electron chi connectivity index (χ2n) is 7.59. The first-order valence-corrected chi connectivity index (χ1v) is 10.2. The molecule has 0 saturated carbocycles. The van der Waals surface area contributed by atoms with Gasteiger partial charge in [0.1, 0.15) is 29.0 Å². The number of hydrogen-bond donors (Lipinski definition) is 1. The Morgan fingerprint density at radius 2 is 1.73 bits per heavy atom. The third kappa shape index (κ3) is 3.66. The molecule has 1 atom stereocenters. The minimum Gasteiger partial charge on any atom is -0.440 e. The number of allylic oxidation sites excluding steroid dienone is 1. The predicted octanol–water partition coefficient (Wildman–Crippen LogP) is 5.42. The van der Waals surface area contributed by atoms with Crippen molar-refractivity contribution in [1.82, 2.24) is 0 Å². The molecule has 160 valence electrons. The number of hydrogen-bond acceptors (Lipinski definition) is 5. The van der Waals surface area contributed by atoms with Gasteiger partial charge in [0, 0.05) is 11.6 Å². The number of benzene rings is 4. The quantitative estimate of drug-likeness (QED) is 0.343. The zero-order valence-corrected chi connectivity index (χ0v) is 17.3. The maximum absolute atomic E-state index is 13.1. The summed E-state index contributed by atoms with van der Waals surface area (Å²) in [4.78, 5) is 12.4. The monoisotopic (exact) mass is 436 g/mol. The number of carbonyl (C=O) groups is 1. The third-order valence-corrected chi connectivity index (χ3v) is 5.62. The number of rotatable bonds is 3. The first-order chi connectivity index (χ1) is 16.0. The van der Waals surface area contributed by atoms with Gasteiger partial charge in [0.15, 0.2) is 0 Å². The summed E-state index contributed by atoms with van der Waals surface area (Å²) in [6, 6.07) is 26.1. The summed E-state index contributed by atoms with van der Waals surface area (Å²) in [5.41, 5.74) is 8.32. The molecule has 0 saturated heterocycles. The fourth-order valence-corrected chi connectivity index (χ4v) is 4.07. The Labute approximate surface area is 189 Å². The average Bonchev–Trinajstić information content (AvgIpc) is 2.83. The van der Waals surface area contributed by atoms with Crippen molar-refractivity contribution < 1.29 is 18.7 Å². The van der Waals surface area contributed by atoms with Gasteiger partial charge < -0.3 is 15.2 Å². The Bertz CT molecular complexity index is 1460. The Morgan fingerprint density at radius 3 is 2.52 bits per heavy atom. The summed E-state index contributed by atoms with van der Waals surface area (Å²) in [5.74, 6) is -0.861. The van der Waals surface area contributed by atoms with Crippen LogP contribution in [0.25, 0.3) is 10.8 Å². The first-order valence-electron chi connectivity index (χ1n) is 10.2. The van der Waals surface area contributed by atoms with Crippen molar-refractivity contribution in [2.45, 2.75) is 5.92 Å². The number of fused-ring (bicyclic) bond motifs is 2. The van der Waals surface area contributed by atoms with Crippen molar-refractivity contribution in [2.24, 2.45) is 5.73 Å². The summed E-state index contributed by atoms with van der Waals surface area (Å²) in [7, 11) is 0. The zero-order chi connectivity index (χ0) is 22.9. The third-order valence-electron chi connectivity index (χ3n) is 5.62. The van der Waals surface area contributed by atoms with Crippen LogP contribution in [0.5, 0.6) is 11.5 Å². The zero-order valence-electron chi connectivity index (χ0n) is 17.3. The van der Waals surface area contributed by atoms with Gasteiger partial charge in [-0.15, -0.1) is 0 Å². The normalized spacial score (nSPS) is 14.8. The predicted molar refractivity (Wildman–Crippen MR) is 121 cm³/mol. The molecular weight excluding hydrogens is 419 g/mol. The highest BCUT2D eigenvalue weighted by molar-refractivity contribution is 5.91. The SMILES string of the molecule is N#CC1=C(N)Oc2cc(OC(=O)c3ccc(F)cc3)ccc2C1c1cccc2ccccc12. The van der Waals surface area contributed by atoms with Gasteiger partial charge in [-0.25, -0.2) is 9.18 Å². The molecule has 0 amide bonds.